The first-order chi connectivity index (χ1) is 11.1. The first kappa shape index (κ1) is 19.8. The summed E-state index contributed by atoms with van der Waals surface area (Å²) < 4.78 is 83.2. The first-order valence-electron chi connectivity index (χ1n) is 6.43. The zero-order valence-electron chi connectivity index (χ0n) is 12.0. The van der Waals surface area contributed by atoms with Gasteiger partial charge in [0.2, 0.25) is 0 Å². The molecule has 10 heteroatoms. The van der Waals surface area contributed by atoms with E-state index in [9.17, 15) is 35.9 Å². The molecule has 0 radical (unpaired) electrons. The topological polar surface area (TPSA) is 52.6 Å². The molecule has 134 valence electrons. The Kier molecular flexibility index (Phi) is 6.61. The molecule has 0 spiro atoms. The van der Waals surface area contributed by atoms with Crippen molar-refractivity contribution in [2.24, 2.45) is 0 Å². The summed E-state index contributed by atoms with van der Waals surface area (Å²) >= 11 is 0. The summed E-state index contributed by atoms with van der Waals surface area (Å²) in [5, 5.41) is 0. The number of hydrogen-bond donors (Lipinski definition) is 0. The summed E-state index contributed by atoms with van der Waals surface area (Å²) in [6.07, 6.45) is 0. The lowest BCUT2D eigenvalue weighted by molar-refractivity contribution is -0.0757. The fraction of sp³-hybridized carbons (Fsp3) is 0.429. The van der Waals surface area contributed by atoms with Crippen molar-refractivity contribution in [2.75, 3.05) is 26.6 Å². The highest BCUT2D eigenvalue weighted by atomic mass is 19.3. The number of esters is 2. The minimum Gasteiger partial charge on any atom is -0.456 e. The summed E-state index contributed by atoms with van der Waals surface area (Å²) in [4.78, 5) is 23.4. The maximum absolute atomic E-state index is 12.7. The van der Waals surface area contributed by atoms with Crippen LogP contribution in [0.1, 0.15) is 20.7 Å². The molecule has 0 aliphatic heterocycles. The van der Waals surface area contributed by atoms with Crippen molar-refractivity contribution in [3.8, 4) is 0 Å². The number of carbonyl (C=O) groups is 2. The van der Waals surface area contributed by atoms with Crippen molar-refractivity contribution in [3.05, 3.63) is 35.4 Å². The summed E-state index contributed by atoms with van der Waals surface area (Å²) in [6, 6.07) is 4.49. The number of carbonyl (C=O) groups excluding carboxylic acids is 2. The summed E-state index contributed by atoms with van der Waals surface area (Å²) in [7, 11) is 0. The average molecular weight is 358 g/mol. The largest absolute Gasteiger partial charge is 0.456 e. The predicted octanol–water partition coefficient (Wildman–Crippen LogP) is 3.21. The van der Waals surface area contributed by atoms with Crippen molar-refractivity contribution < 1.29 is 45.4 Å². The van der Waals surface area contributed by atoms with E-state index >= 15 is 0 Å². The number of rotatable bonds is 8. The molecule has 1 aromatic rings. The Morgan fingerprint density at radius 1 is 0.792 bits per heavy atom. The van der Waals surface area contributed by atoms with E-state index in [1.54, 1.807) is 0 Å². The summed E-state index contributed by atoms with van der Waals surface area (Å²) in [5.41, 5.74) is -1.08. The second kappa shape index (κ2) is 8.02. The Labute approximate surface area is 132 Å². The fourth-order valence-corrected chi connectivity index (χ4v) is 1.41. The minimum atomic E-state index is -3.89. The van der Waals surface area contributed by atoms with E-state index in [0.717, 1.165) is 12.1 Å². The molecule has 0 amide bonds. The summed E-state index contributed by atoms with van der Waals surface area (Å²) in [6.45, 7) is -7.23. The van der Waals surface area contributed by atoms with E-state index in [0.29, 0.717) is 0 Å². The molecule has 0 heterocycles. The molecule has 0 unspecified atom stereocenters. The van der Waals surface area contributed by atoms with Gasteiger partial charge >= 0.3 is 23.8 Å². The highest BCUT2D eigenvalue weighted by molar-refractivity contribution is 6.03. The Morgan fingerprint density at radius 3 is 1.42 bits per heavy atom. The van der Waals surface area contributed by atoms with Gasteiger partial charge in [-0.25, -0.2) is 18.4 Å². The molecule has 0 aliphatic carbocycles. The van der Waals surface area contributed by atoms with E-state index < -0.39 is 61.5 Å². The van der Waals surface area contributed by atoms with E-state index in [1.807, 2.05) is 0 Å². The second-order valence-electron chi connectivity index (χ2n) is 4.68. The van der Waals surface area contributed by atoms with Crippen molar-refractivity contribution in [2.45, 2.75) is 11.8 Å². The molecule has 0 aromatic heterocycles. The monoisotopic (exact) mass is 358 g/mol. The molecule has 1 aromatic carbocycles. The number of benzene rings is 1. The van der Waals surface area contributed by atoms with Gasteiger partial charge in [0, 0.05) is 0 Å². The van der Waals surface area contributed by atoms with E-state index in [2.05, 4.69) is 9.47 Å². The minimum absolute atomic E-state index is 0.541. The van der Waals surface area contributed by atoms with Crippen LogP contribution in [0.2, 0.25) is 0 Å². The van der Waals surface area contributed by atoms with Gasteiger partial charge in [-0.05, 0) is 12.1 Å². The van der Waals surface area contributed by atoms with Gasteiger partial charge in [0.15, 0.2) is 26.6 Å². The quantitative estimate of drug-likeness (QED) is 0.529. The zero-order valence-corrected chi connectivity index (χ0v) is 12.0. The van der Waals surface area contributed by atoms with Crippen LogP contribution in [-0.4, -0.2) is 50.3 Å². The van der Waals surface area contributed by atoms with Crippen LogP contribution in [0.5, 0.6) is 0 Å². The standard InChI is InChI=1S/C14H12F6O4/c15-5-13(17,18)7-23-11(21)9-3-1-2-4-10(9)12(22)24-8-14(19,20)6-16/h1-4H,5-8H2. The van der Waals surface area contributed by atoms with Crippen LogP contribution in [0.3, 0.4) is 0 Å². The van der Waals surface area contributed by atoms with E-state index in [4.69, 9.17) is 0 Å². The normalized spacial score (nSPS) is 11.9. The highest BCUT2D eigenvalue weighted by Gasteiger charge is 2.33. The van der Waals surface area contributed by atoms with Crippen LogP contribution in [-0.2, 0) is 9.47 Å². The maximum Gasteiger partial charge on any atom is 0.339 e. The van der Waals surface area contributed by atoms with Crippen molar-refractivity contribution in [1.29, 1.82) is 0 Å². The number of alkyl halides is 6. The lowest BCUT2D eigenvalue weighted by Gasteiger charge is -2.15. The Bertz CT molecular complexity index is 539. The van der Waals surface area contributed by atoms with Gasteiger partial charge in [-0.3, -0.25) is 0 Å². The van der Waals surface area contributed by atoms with Crippen LogP contribution < -0.4 is 0 Å². The van der Waals surface area contributed by atoms with Gasteiger partial charge in [-0.1, -0.05) is 12.1 Å². The van der Waals surface area contributed by atoms with E-state index in [1.165, 1.54) is 12.1 Å². The molecule has 0 atom stereocenters. The van der Waals surface area contributed by atoms with Crippen LogP contribution >= 0.6 is 0 Å². The molecule has 1 rings (SSSR count). The molecule has 0 aliphatic rings. The first-order valence-corrected chi connectivity index (χ1v) is 6.43. The van der Waals surface area contributed by atoms with Gasteiger partial charge in [-0.2, -0.15) is 17.6 Å². The molecule has 4 nitrogen and oxygen atoms in total. The maximum atomic E-state index is 12.7. The number of halogens is 6. The Balaban J connectivity index is 2.84. The molecule has 0 N–H and O–H groups in total. The van der Waals surface area contributed by atoms with Crippen LogP contribution in [0, 0.1) is 0 Å². The summed E-state index contributed by atoms with van der Waals surface area (Å²) in [5.74, 6) is -10.6. The molecular weight excluding hydrogens is 346 g/mol. The van der Waals surface area contributed by atoms with Crippen molar-refractivity contribution >= 4 is 11.9 Å². The van der Waals surface area contributed by atoms with Gasteiger partial charge in [-0.15, -0.1) is 0 Å². The van der Waals surface area contributed by atoms with Crippen LogP contribution in [0.15, 0.2) is 24.3 Å². The second-order valence-corrected chi connectivity index (χ2v) is 4.68. The smallest absolute Gasteiger partial charge is 0.339 e. The van der Waals surface area contributed by atoms with Crippen LogP contribution in [0.25, 0.3) is 0 Å². The lowest BCUT2D eigenvalue weighted by Crippen LogP contribution is -2.29. The SMILES string of the molecule is O=C(OCC(F)(F)CF)c1ccccc1C(=O)OCC(F)(F)CF. The lowest BCUT2D eigenvalue weighted by atomic mass is 10.1. The van der Waals surface area contributed by atoms with Crippen LogP contribution in [0.4, 0.5) is 26.3 Å². The molecular formula is C14H12F6O4. The zero-order chi connectivity index (χ0) is 18.4. The van der Waals surface area contributed by atoms with E-state index in [-0.39, 0.29) is 0 Å². The molecule has 24 heavy (non-hydrogen) atoms. The fourth-order valence-electron chi connectivity index (χ4n) is 1.41. The molecule has 0 saturated heterocycles. The number of ether oxygens (including phenoxy) is 2. The third-order valence-electron chi connectivity index (χ3n) is 2.59. The molecule has 0 saturated carbocycles. The van der Waals surface area contributed by atoms with Gasteiger partial charge in [0.25, 0.3) is 0 Å². The highest BCUT2D eigenvalue weighted by Crippen LogP contribution is 2.19. The Morgan fingerprint density at radius 2 is 1.12 bits per heavy atom. The van der Waals surface area contributed by atoms with Gasteiger partial charge < -0.3 is 9.47 Å². The average Bonchev–Trinajstić information content (AvgIpc) is 2.57. The third kappa shape index (κ3) is 5.74. The predicted molar refractivity (Wildman–Crippen MR) is 68.9 cm³/mol. The van der Waals surface area contributed by atoms with Crippen molar-refractivity contribution in [1.82, 2.24) is 0 Å². The number of hydrogen-bond acceptors (Lipinski definition) is 4. The Hall–Kier alpha value is -2.26. The third-order valence-corrected chi connectivity index (χ3v) is 2.59. The van der Waals surface area contributed by atoms with Crippen molar-refractivity contribution in [3.63, 3.8) is 0 Å². The van der Waals surface area contributed by atoms with Gasteiger partial charge in [0.1, 0.15) is 0 Å². The van der Waals surface area contributed by atoms with Gasteiger partial charge in [0.05, 0.1) is 11.1 Å². The molecule has 0 bridgehead atoms. The molecule has 0 fully saturated rings.